The van der Waals surface area contributed by atoms with Gasteiger partial charge in [0.25, 0.3) is 11.8 Å². The lowest BCUT2D eigenvalue weighted by molar-refractivity contribution is -0.139. The third-order valence-corrected chi connectivity index (χ3v) is 5.24. The normalized spacial score (nSPS) is 18.8. The number of carbonyl (C=O) groups is 3. The van der Waals surface area contributed by atoms with E-state index in [2.05, 4.69) is 10.7 Å². The minimum Gasteiger partial charge on any atom is -0.318 e. The standard InChI is InChI=1S/C22H26N4O3/c1-4-22(18-12-6-5-7-13-18)20(28)26(21(29)23-22)24-19(27)15-25(3)14-17-11-9-8-10-16(17)2/h5-13H,4,14-15H2,1-3H3,(H,23,29)(H,24,27)/t22-/m0/s1. The predicted octanol–water partition coefficient (Wildman–Crippen LogP) is 2.32. The van der Waals surface area contributed by atoms with Crippen LogP contribution in [0.1, 0.15) is 30.0 Å². The molecule has 1 aliphatic rings. The van der Waals surface area contributed by atoms with Crippen molar-refractivity contribution in [1.29, 1.82) is 0 Å². The highest BCUT2D eigenvalue weighted by atomic mass is 16.2. The van der Waals surface area contributed by atoms with Crippen LogP contribution in [0.2, 0.25) is 0 Å². The maximum atomic E-state index is 13.0. The largest absolute Gasteiger partial charge is 0.344 e. The molecule has 7 heteroatoms. The van der Waals surface area contributed by atoms with Crippen LogP contribution in [0, 0.1) is 6.92 Å². The maximum Gasteiger partial charge on any atom is 0.344 e. The molecule has 29 heavy (non-hydrogen) atoms. The van der Waals surface area contributed by atoms with Crippen molar-refractivity contribution >= 4 is 17.8 Å². The topological polar surface area (TPSA) is 81.8 Å². The Balaban J connectivity index is 1.66. The van der Waals surface area contributed by atoms with Gasteiger partial charge in [0, 0.05) is 6.54 Å². The van der Waals surface area contributed by atoms with E-state index >= 15 is 0 Å². The van der Waals surface area contributed by atoms with Crippen LogP contribution >= 0.6 is 0 Å². The van der Waals surface area contributed by atoms with Crippen LogP contribution in [-0.2, 0) is 21.7 Å². The van der Waals surface area contributed by atoms with Gasteiger partial charge in [-0.2, -0.15) is 5.01 Å². The number of nitrogens with zero attached hydrogens (tertiary/aromatic N) is 2. The van der Waals surface area contributed by atoms with Crippen molar-refractivity contribution in [2.45, 2.75) is 32.4 Å². The van der Waals surface area contributed by atoms with Gasteiger partial charge in [-0.15, -0.1) is 0 Å². The molecule has 2 aromatic rings. The average Bonchev–Trinajstić information content (AvgIpc) is 2.95. The Hall–Kier alpha value is -3.19. The van der Waals surface area contributed by atoms with Crippen LogP contribution < -0.4 is 10.7 Å². The molecular weight excluding hydrogens is 368 g/mol. The minimum absolute atomic E-state index is 0.0514. The van der Waals surface area contributed by atoms with Crippen LogP contribution in [0.5, 0.6) is 0 Å². The number of carbonyl (C=O) groups excluding carboxylic acids is 3. The molecule has 7 nitrogen and oxygen atoms in total. The summed E-state index contributed by atoms with van der Waals surface area (Å²) in [5, 5.41) is 3.54. The summed E-state index contributed by atoms with van der Waals surface area (Å²) in [6, 6.07) is 16.4. The van der Waals surface area contributed by atoms with Crippen molar-refractivity contribution in [3.63, 3.8) is 0 Å². The average molecular weight is 394 g/mol. The minimum atomic E-state index is -1.17. The number of urea groups is 1. The lowest BCUT2D eigenvalue weighted by atomic mass is 9.87. The molecule has 152 valence electrons. The molecule has 1 aliphatic heterocycles. The first-order valence-electron chi connectivity index (χ1n) is 9.62. The molecule has 1 heterocycles. The number of rotatable bonds is 7. The van der Waals surface area contributed by atoms with Crippen molar-refractivity contribution in [1.82, 2.24) is 20.7 Å². The van der Waals surface area contributed by atoms with E-state index in [-0.39, 0.29) is 6.54 Å². The first-order valence-corrected chi connectivity index (χ1v) is 9.62. The molecule has 3 rings (SSSR count). The number of hydrogen-bond donors (Lipinski definition) is 2. The van der Waals surface area contributed by atoms with E-state index in [1.807, 2.05) is 68.3 Å². The number of amides is 4. The Bertz CT molecular complexity index is 915. The number of imide groups is 1. The smallest absolute Gasteiger partial charge is 0.318 e. The highest BCUT2D eigenvalue weighted by Gasteiger charge is 2.52. The third-order valence-electron chi connectivity index (χ3n) is 5.24. The van der Waals surface area contributed by atoms with Crippen molar-refractivity contribution < 1.29 is 14.4 Å². The van der Waals surface area contributed by atoms with E-state index < -0.39 is 23.4 Å². The number of benzene rings is 2. The maximum absolute atomic E-state index is 13.0. The van der Waals surface area contributed by atoms with Crippen LogP contribution in [0.4, 0.5) is 4.79 Å². The van der Waals surface area contributed by atoms with Gasteiger partial charge in [-0.25, -0.2) is 4.79 Å². The zero-order valence-electron chi connectivity index (χ0n) is 16.9. The van der Waals surface area contributed by atoms with Gasteiger partial charge in [-0.05, 0) is 37.1 Å². The first kappa shape index (κ1) is 20.5. The third kappa shape index (κ3) is 4.14. The molecule has 1 atom stereocenters. The molecule has 0 aromatic heterocycles. The van der Waals surface area contributed by atoms with E-state index in [1.54, 1.807) is 12.1 Å². The summed E-state index contributed by atoms with van der Waals surface area (Å²) in [5.41, 5.74) is 4.24. The van der Waals surface area contributed by atoms with E-state index in [4.69, 9.17) is 0 Å². The van der Waals surface area contributed by atoms with Crippen LogP contribution in [-0.4, -0.2) is 41.3 Å². The van der Waals surface area contributed by atoms with Crippen molar-refractivity contribution in [3.05, 3.63) is 71.3 Å². The zero-order chi connectivity index (χ0) is 21.0. The second-order valence-corrected chi connectivity index (χ2v) is 7.33. The molecule has 1 saturated heterocycles. The zero-order valence-corrected chi connectivity index (χ0v) is 16.9. The molecule has 4 amide bonds. The summed E-state index contributed by atoms with van der Waals surface area (Å²) in [6.07, 6.45) is 0.376. The first-order chi connectivity index (χ1) is 13.9. The number of hydrazine groups is 1. The van der Waals surface area contributed by atoms with Crippen molar-refractivity contribution in [2.75, 3.05) is 13.6 Å². The Kier molecular flexibility index (Phi) is 5.98. The van der Waals surface area contributed by atoms with Gasteiger partial charge in [0.05, 0.1) is 6.54 Å². The monoisotopic (exact) mass is 394 g/mol. The van der Waals surface area contributed by atoms with Gasteiger partial charge in [-0.1, -0.05) is 61.5 Å². The van der Waals surface area contributed by atoms with E-state index in [0.717, 1.165) is 16.1 Å². The molecule has 0 aliphatic carbocycles. The van der Waals surface area contributed by atoms with Gasteiger partial charge < -0.3 is 5.32 Å². The molecule has 0 bridgehead atoms. The number of aryl methyl sites for hydroxylation is 1. The Labute approximate surface area is 170 Å². The van der Waals surface area contributed by atoms with E-state index in [1.165, 1.54) is 0 Å². The number of hydrogen-bond acceptors (Lipinski definition) is 4. The fraction of sp³-hybridized carbons (Fsp3) is 0.318. The van der Waals surface area contributed by atoms with Gasteiger partial charge in [-0.3, -0.25) is 19.9 Å². The fourth-order valence-electron chi connectivity index (χ4n) is 3.58. The Morgan fingerprint density at radius 3 is 2.41 bits per heavy atom. The molecule has 0 saturated carbocycles. The second-order valence-electron chi connectivity index (χ2n) is 7.33. The summed E-state index contributed by atoms with van der Waals surface area (Å²) in [7, 11) is 1.82. The Morgan fingerprint density at radius 1 is 1.10 bits per heavy atom. The quantitative estimate of drug-likeness (QED) is 0.706. The van der Waals surface area contributed by atoms with Crippen molar-refractivity contribution in [2.24, 2.45) is 0 Å². The summed E-state index contributed by atoms with van der Waals surface area (Å²) < 4.78 is 0. The SMILES string of the molecule is CC[C@@]1(c2ccccc2)NC(=O)N(NC(=O)CN(C)Cc2ccccc2C)C1=O. The highest BCUT2D eigenvalue weighted by molar-refractivity contribution is 6.08. The summed E-state index contributed by atoms with van der Waals surface area (Å²) in [6.45, 7) is 4.48. The molecule has 2 N–H and O–H groups in total. The fourth-order valence-corrected chi connectivity index (χ4v) is 3.58. The highest BCUT2D eigenvalue weighted by Crippen LogP contribution is 2.31. The summed E-state index contributed by atoms with van der Waals surface area (Å²) >= 11 is 0. The van der Waals surface area contributed by atoms with Gasteiger partial charge in [0.2, 0.25) is 0 Å². The number of nitrogens with one attached hydrogen (secondary N) is 2. The van der Waals surface area contributed by atoms with Crippen molar-refractivity contribution in [3.8, 4) is 0 Å². The Morgan fingerprint density at radius 2 is 1.76 bits per heavy atom. The lowest BCUT2D eigenvalue weighted by Crippen LogP contribution is -2.50. The summed E-state index contributed by atoms with van der Waals surface area (Å²) in [4.78, 5) is 39.8. The van der Waals surface area contributed by atoms with Gasteiger partial charge >= 0.3 is 6.03 Å². The predicted molar refractivity (Wildman–Crippen MR) is 109 cm³/mol. The molecule has 0 unspecified atom stereocenters. The molecule has 1 fully saturated rings. The molecule has 0 spiro atoms. The molecule has 2 aromatic carbocycles. The van der Waals surface area contributed by atoms with Crippen LogP contribution in [0.3, 0.4) is 0 Å². The van der Waals surface area contributed by atoms with Crippen LogP contribution in [0.15, 0.2) is 54.6 Å². The number of likely N-dealkylation sites (N-methyl/N-ethyl adjacent to an activating group) is 1. The van der Waals surface area contributed by atoms with Crippen LogP contribution in [0.25, 0.3) is 0 Å². The van der Waals surface area contributed by atoms with Gasteiger partial charge in [0.15, 0.2) is 0 Å². The van der Waals surface area contributed by atoms with E-state index in [0.29, 0.717) is 18.5 Å². The molecular formula is C22H26N4O3. The lowest BCUT2D eigenvalue weighted by Gasteiger charge is -2.25. The van der Waals surface area contributed by atoms with Gasteiger partial charge in [0.1, 0.15) is 5.54 Å². The summed E-state index contributed by atoms with van der Waals surface area (Å²) in [5.74, 6) is -0.907. The molecule has 0 radical (unpaired) electrons. The second kappa shape index (κ2) is 8.45. The van der Waals surface area contributed by atoms with E-state index in [9.17, 15) is 14.4 Å².